The molecule has 3 atom stereocenters. The molecule has 1 aromatic rings. The number of amides is 2. The van der Waals surface area contributed by atoms with Crippen molar-refractivity contribution in [1.29, 1.82) is 0 Å². The number of carbonyl (C=O) groups is 2. The van der Waals surface area contributed by atoms with Crippen LogP contribution in [-0.2, 0) is 9.53 Å². The standard InChI is InChI=1S/C15H15F3N2O6/c1-2-24-12(21)10-11(7-3-4-8-9(5-7)26-6-25-8)19-13(22)20-14(10,23)15(16,17)18/h3-5,10-11,23H,2,6H2,1H3,(H2,19,20,22)/t10-,11-,14+/m0/s1. The predicted molar refractivity (Wildman–Crippen MR) is 78.1 cm³/mol. The Morgan fingerprint density at radius 2 is 2.08 bits per heavy atom. The normalized spacial score (nSPS) is 27.5. The van der Waals surface area contributed by atoms with Gasteiger partial charge in [0.15, 0.2) is 11.5 Å². The average molecular weight is 376 g/mol. The number of hydrogen-bond donors (Lipinski definition) is 3. The molecule has 3 N–H and O–H groups in total. The lowest BCUT2D eigenvalue weighted by Crippen LogP contribution is -2.73. The summed E-state index contributed by atoms with van der Waals surface area (Å²) in [6, 6.07) is 1.34. The molecule has 2 aliphatic rings. The molecule has 2 aliphatic heterocycles. The topological polar surface area (TPSA) is 106 Å². The van der Waals surface area contributed by atoms with Gasteiger partial charge in [-0.3, -0.25) is 4.79 Å². The van der Waals surface area contributed by atoms with Gasteiger partial charge in [0.2, 0.25) is 6.79 Å². The number of fused-ring (bicyclic) bond motifs is 1. The van der Waals surface area contributed by atoms with Crippen LogP contribution in [0.5, 0.6) is 11.5 Å². The predicted octanol–water partition coefficient (Wildman–Crippen LogP) is 1.20. The Kier molecular flexibility index (Phi) is 4.34. The van der Waals surface area contributed by atoms with E-state index < -0.39 is 35.9 Å². The van der Waals surface area contributed by atoms with Crippen molar-refractivity contribution in [2.45, 2.75) is 24.9 Å². The molecule has 11 heteroatoms. The molecule has 0 aliphatic carbocycles. The van der Waals surface area contributed by atoms with E-state index >= 15 is 0 Å². The molecule has 1 fully saturated rings. The number of ether oxygens (including phenoxy) is 3. The lowest BCUT2D eigenvalue weighted by molar-refractivity contribution is -0.294. The summed E-state index contributed by atoms with van der Waals surface area (Å²) in [6.45, 7) is 1.14. The molecule has 0 spiro atoms. The van der Waals surface area contributed by atoms with Gasteiger partial charge in [0.1, 0.15) is 5.92 Å². The zero-order valence-corrected chi connectivity index (χ0v) is 13.4. The fraction of sp³-hybridized carbons (Fsp3) is 0.467. The van der Waals surface area contributed by atoms with E-state index in [9.17, 15) is 27.9 Å². The van der Waals surface area contributed by atoms with Gasteiger partial charge in [-0.2, -0.15) is 13.2 Å². The van der Waals surface area contributed by atoms with Crippen molar-refractivity contribution in [3.05, 3.63) is 23.8 Å². The molecule has 8 nitrogen and oxygen atoms in total. The SMILES string of the molecule is CCOC(=O)[C@@H]1[C@H](c2ccc3c(c2)OCO3)NC(=O)N[C@]1(O)C(F)(F)F. The van der Waals surface area contributed by atoms with Gasteiger partial charge in [0.25, 0.3) is 5.72 Å². The zero-order chi connectivity index (χ0) is 19.1. The summed E-state index contributed by atoms with van der Waals surface area (Å²) in [5.41, 5.74) is -3.69. The monoisotopic (exact) mass is 376 g/mol. The van der Waals surface area contributed by atoms with E-state index in [1.54, 1.807) is 0 Å². The number of rotatable bonds is 3. The van der Waals surface area contributed by atoms with E-state index in [1.165, 1.54) is 30.4 Å². The lowest BCUT2D eigenvalue weighted by Gasteiger charge is -2.44. The Morgan fingerprint density at radius 3 is 2.73 bits per heavy atom. The highest BCUT2D eigenvalue weighted by Crippen LogP contribution is 2.44. The first-order chi connectivity index (χ1) is 12.2. The van der Waals surface area contributed by atoms with Gasteiger partial charge in [0.05, 0.1) is 12.6 Å². The van der Waals surface area contributed by atoms with Crippen LogP contribution < -0.4 is 20.1 Å². The molecular formula is C15H15F3N2O6. The molecule has 0 bridgehead atoms. The molecule has 142 valence electrons. The van der Waals surface area contributed by atoms with Gasteiger partial charge in [-0.05, 0) is 24.6 Å². The molecule has 0 radical (unpaired) electrons. The first kappa shape index (κ1) is 18.1. The first-order valence-electron chi connectivity index (χ1n) is 7.61. The molecule has 2 heterocycles. The fourth-order valence-corrected chi connectivity index (χ4v) is 2.92. The summed E-state index contributed by atoms with van der Waals surface area (Å²) in [5.74, 6) is -2.88. The Labute approximate surface area is 145 Å². The van der Waals surface area contributed by atoms with Gasteiger partial charge < -0.3 is 30.0 Å². The van der Waals surface area contributed by atoms with Crippen LogP contribution >= 0.6 is 0 Å². The fourth-order valence-electron chi connectivity index (χ4n) is 2.92. The maximum Gasteiger partial charge on any atom is 0.437 e. The van der Waals surface area contributed by atoms with Crippen molar-refractivity contribution in [2.24, 2.45) is 5.92 Å². The molecule has 1 saturated heterocycles. The second kappa shape index (κ2) is 6.24. The van der Waals surface area contributed by atoms with Crippen molar-refractivity contribution in [1.82, 2.24) is 10.6 Å². The average Bonchev–Trinajstić information content (AvgIpc) is 3.00. The second-order valence-corrected chi connectivity index (χ2v) is 5.68. The molecule has 0 saturated carbocycles. The number of hydrogen-bond acceptors (Lipinski definition) is 6. The molecule has 0 unspecified atom stereocenters. The number of alkyl halides is 3. The Hall–Kier alpha value is -2.69. The quantitative estimate of drug-likeness (QED) is 0.685. The van der Waals surface area contributed by atoms with E-state index in [2.05, 4.69) is 5.32 Å². The van der Waals surface area contributed by atoms with Gasteiger partial charge in [-0.25, -0.2) is 4.79 Å². The Balaban J connectivity index is 2.08. The minimum absolute atomic E-state index is 0.0643. The molecule has 2 amide bonds. The van der Waals surface area contributed by atoms with E-state index in [1.807, 2.05) is 0 Å². The van der Waals surface area contributed by atoms with E-state index in [4.69, 9.17) is 14.2 Å². The third kappa shape index (κ3) is 2.87. The summed E-state index contributed by atoms with van der Waals surface area (Å²) in [4.78, 5) is 24.0. The summed E-state index contributed by atoms with van der Waals surface area (Å²) in [7, 11) is 0. The van der Waals surface area contributed by atoms with Crippen LogP contribution in [0.25, 0.3) is 0 Å². The number of carbonyl (C=O) groups excluding carboxylic acids is 2. The number of benzene rings is 1. The summed E-state index contributed by atoms with van der Waals surface area (Å²) >= 11 is 0. The summed E-state index contributed by atoms with van der Waals surface area (Å²) in [5, 5.41) is 13.8. The largest absolute Gasteiger partial charge is 0.466 e. The molecule has 0 aromatic heterocycles. The third-order valence-electron chi connectivity index (χ3n) is 4.10. The maximum atomic E-state index is 13.5. The van der Waals surface area contributed by atoms with Crippen molar-refractivity contribution in [2.75, 3.05) is 13.4 Å². The van der Waals surface area contributed by atoms with Crippen LogP contribution in [0.2, 0.25) is 0 Å². The van der Waals surface area contributed by atoms with Crippen LogP contribution in [-0.4, -0.2) is 42.4 Å². The van der Waals surface area contributed by atoms with Gasteiger partial charge in [-0.1, -0.05) is 6.07 Å². The minimum atomic E-state index is -5.32. The Bertz CT molecular complexity index is 741. The van der Waals surface area contributed by atoms with Crippen LogP contribution in [0.4, 0.5) is 18.0 Å². The van der Waals surface area contributed by atoms with E-state index in [0.29, 0.717) is 5.75 Å². The zero-order valence-electron chi connectivity index (χ0n) is 13.4. The van der Waals surface area contributed by atoms with Crippen molar-refractivity contribution >= 4 is 12.0 Å². The number of urea groups is 1. The number of nitrogens with one attached hydrogen (secondary N) is 2. The van der Waals surface area contributed by atoms with Gasteiger partial charge in [-0.15, -0.1) is 0 Å². The van der Waals surface area contributed by atoms with Crippen molar-refractivity contribution in [3.63, 3.8) is 0 Å². The van der Waals surface area contributed by atoms with Crippen LogP contribution in [0.3, 0.4) is 0 Å². The van der Waals surface area contributed by atoms with Crippen molar-refractivity contribution < 1.29 is 42.1 Å². The summed E-state index contributed by atoms with van der Waals surface area (Å²) < 4.78 is 55.5. The van der Waals surface area contributed by atoms with Gasteiger partial charge >= 0.3 is 18.2 Å². The van der Waals surface area contributed by atoms with Crippen LogP contribution in [0.1, 0.15) is 18.5 Å². The highest BCUT2D eigenvalue weighted by atomic mass is 19.4. The third-order valence-corrected chi connectivity index (χ3v) is 4.10. The van der Waals surface area contributed by atoms with Crippen molar-refractivity contribution in [3.8, 4) is 11.5 Å². The Morgan fingerprint density at radius 1 is 1.38 bits per heavy atom. The van der Waals surface area contributed by atoms with E-state index in [-0.39, 0.29) is 24.7 Å². The van der Waals surface area contributed by atoms with Crippen LogP contribution in [0.15, 0.2) is 18.2 Å². The number of aliphatic hydroxyl groups is 1. The minimum Gasteiger partial charge on any atom is -0.466 e. The molecule has 1 aromatic carbocycles. The maximum absolute atomic E-state index is 13.5. The highest BCUT2D eigenvalue weighted by molar-refractivity contribution is 5.83. The highest BCUT2D eigenvalue weighted by Gasteiger charge is 2.67. The number of esters is 1. The smallest absolute Gasteiger partial charge is 0.437 e. The number of halogens is 3. The lowest BCUT2D eigenvalue weighted by atomic mass is 9.82. The second-order valence-electron chi connectivity index (χ2n) is 5.68. The van der Waals surface area contributed by atoms with Gasteiger partial charge in [0, 0.05) is 0 Å². The van der Waals surface area contributed by atoms with E-state index in [0.717, 1.165) is 0 Å². The molecule has 3 rings (SSSR count). The summed E-state index contributed by atoms with van der Waals surface area (Å²) in [6.07, 6.45) is -5.32. The first-order valence-corrected chi connectivity index (χ1v) is 7.61. The molecule has 26 heavy (non-hydrogen) atoms. The molecular weight excluding hydrogens is 361 g/mol. The van der Waals surface area contributed by atoms with Crippen LogP contribution in [0, 0.1) is 5.92 Å².